The van der Waals surface area contributed by atoms with Crippen LogP contribution in [0.3, 0.4) is 0 Å². The molecule has 0 atom stereocenters. The van der Waals surface area contributed by atoms with Crippen LogP contribution in [-0.4, -0.2) is 12.3 Å². The van der Waals surface area contributed by atoms with Crippen LogP contribution in [0.1, 0.15) is 0 Å². The van der Waals surface area contributed by atoms with E-state index in [9.17, 15) is 0 Å². The zero-order valence-corrected chi connectivity index (χ0v) is 6.20. The van der Waals surface area contributed by atoms with E-state index in [1.54, 1.807) is 0 Å². The Kier molecular flexibility index (Phi) is 33.1. The number of carbonyl (C=O) groups excluding carboxylic acids is 2. The largest absolute Gasteiger partial charge is 1.00 e. The van der Waals surface area contributed by atoms with Crippen LogP contribution >= 0.6 is 0 Å². The summed E-state index contributed by atoms with van der Waals surface area (Å²) >= 11 is 0. The third-order valence-electron chi connectivity index (χ3n) is 0.167. The maximum atomic E-state index is 9.06. The van der Waals surface area contributed by atoms with Crippen molar-refractivity contribution in [2.24, 2.45) is 0 Å². The maximum Gasteiger partial charge on any atom is 1.00 e. The minimum atomic E-state index is -2.12. The van der Waals surface area contributed by atoms with Gasteiger partial charge in [-0.25, -0.2) is 0 Å². The predicted octanol–water partition coefficient (Wildman–Crippen LogP) is -8.05. The summed E-state index contributed by atoms with van der Waals surface area (Å²) in [6.07, 6.45) is 3.75. The molecule has 0 fully saturated rings. The molecule has 0 aromatic rings. The summed E-state index contributed by atoms with van der Waals surface area (Å²) in [5, 5.41) is 18.1. The first-order valence-electron chi connectivity index (χ1n) is 1.56. The molecular weight excluding hydrogens is 142 g/mol. The number of rotatable bonds is 0. The molecule has 50 valence electrons. The fourth-order valence-electron chi connectivity index (χ4n) is 0.0680. The summed E-state index contributed by atoms with van der Waals surface area (Å²) in [6, 6.07) is 0. The van der Waals surface area contributed by atoms with Crippen LogP contribution in [0, 0.1) is 12.8 Å². The van der Waals surface area contributed by atoms with Gasteiger partial charge in [0.15, 0.2) is 0 Å². The van der Waals surface area contributed by atoms with Gasteiger partial charge in [-0.15, -0.1) is 12.8 Å². The molecule has 0 bridgehead atoms. The molecule has 5 nitrogen and oxygen atoms in total. The van der Waals surface area contributed by atoms with Crippen molar-refractivity contribution >= 4 is 12.3 Å². The number of hydrogen-bond donors (Lipinski definition) is 0. The average molecular weight is 144 g/mol. The molecular formula is C4H2Li2O5. The van der Waals surface area contributed by atoms with Crippen LogP contribution in [0.2, 0.25) is 0 Å². The Morgan fingerprint density at radius 2 is 1.18 bits per heavy atom. The Morgan fingerprint density at radius 3 is 1.18 bits per heavy atom. The van der Waals surface area contributed by atoms with Crippen molar-refractivity contribution in [2.75, 3.05) is 0 Å². The number of hydrogen-bond acceptors (Lipinski definition) is 5. The van der Waals surface area contributed by atoms with Crippen molar-refractivity contribution in [1.82, 2.24) is 0 Å². The Balaban J connectivity index is -0.0000000564. The van der Waals surface area contributed by atoms with Crippen LogP contribution in [-0.2, 0) is 4.74 Å². The van der Waals surface area contributed by atoms with Crippen molar-refractivity contribution in [3.05, 3.63) is 0 Å². The van der Waals surface area contributed by atoms with Gasteiger partial charge in [0.1, 0.15) is 0 Å². The summed E-state index contributed by atoms with van der Waals surface area (Å²) in [4.78, 5) is 18.1. The molecule has 0 aromatic heterocycles. The van der Waals surface area contributed by atoms with Gasteiger partial charge < -0.3 is 24.5 Å². The number of ether oxygens (including phenoxy) is 1. The molecule has 0 N–H and O–H groups in total. The van der Waals surface area contributed by atoms with Crippen molar-refractivity contribution in [2.45, 2.75) is 0 Å². The van der Waals surface area contributed by atoms with E-state index < -0.39 is 12.3 Å². The average Bonchev–Trinajstić information content (AvgIpc) is 1.68. The van der Waals surface area contributed by atoms with Gasteiger partial charge in [-0.2, -0.15) is 0 Å². The summed E-state index contributed by atoms with van der Waals surface area (Å²) in [5.74, 6) is 0. The van der Waals surface area contributed by atoms with Crippen molar-refractivity contribution in [1.29, 1.82) is 0 Å². The quantitative estimate of drug-likeness (QED) is 0.146. The first-order chi connectivity index (χ1) is 4.13. The van der Waals surface area contributed by atoms with Gasteiger partial charge >= 0.3 is 37.7 Å². The molecule has 0 amide bonds. The van der Waals surface area contributed by atoms with Crippen molar-refractivity contribution in [3.63, 3.8) is 0 Å². The van der Waals surface area contributed by atoms with Crippen molar-refractivity contribution in [3.8, 4) is 12.8 Å². The second-order valence-corrected chi connectivity index (χ2v) is 0.602. The van der Waals surface area contributed by atoms with E-state index >= 15 is 0 Å². The zero-order chi connectivity index (χ0) is 7.86. The Morgan fingerprint density at radius 1 is 1.00 bits per heavy atom. The summed E-state index contributed by atoms with van der Waals surface area (Å²) in [7, 11) is 0. The van der Waals surface area contributed by atoms with E-state index in [0.717, 1.165) is 0 Å². The van der Waals surface area contributed by atoms with Crippen LogP contribution in [0.25, 0.3) is 0 Å². The molecule has 0 unspecified atom stereocenters. The minimum absolute atomic E-state index is 0. The summed E-state index contributed by atoms with van der Waals surface area (Å²) < 4.78 is 2.86. The smallest absolute Gasteiger partial charge is 0.483 e. The number of terminal acetylenes is 1. The number of carbonyl (C=O) groups is 2. The summed E-state index contributed by atoms with van der Waals surface area (Å²) in [5.41, 5.74) is 0. The van der Waals surface area contributed by atoms with Gasteiger partial charge in [-0.3, -0.25) is 0 Å². The first kappa shape index (κ1) is 22.4. The molecule has 11 heavy (non-hydrogen) atoms. The molecule has 0 aliphatic rings. The second kappa shape index (κ2) is 16.2. The molecule has 0 aromatic carbocycles. The Hall–Kier alpha value is -0.505. The molecule has 0 rings (SSSR count). The van der Waals surface area contributed by atoms with E-state index in [1.165, 1.54) is 0 Å². The van der Waals surface area contributed by atoms with Crippen LogP contribution < -0.4 is 47.9 Å². The SMILES string of the molecule is C#C.O=C([O-])OC(=O)[O-].[Li+].[Li+]. The topological polar surface area (TPSA) is 89.5 Å². The van der Waals surface area contributed by atoms with Crippen LogP contribution in [0.5, 0.6) is 0 Å². The standard InChI is InChI=1S/C2H2O5.C2H2.2Li/c3-1(4)7-2(5)6;1-2;;/h(H,3,4)(H,5,6);1-2H;;/q;;2*+1/p-2. The molecule has 0 radical (unpaired) electrons. The number of carboxylic acid groups (broad SMARTS) is 2. The van der Waals surface area contributed by atoms with Gasteiger partial charge in [0.25, 0.3) is 12.3 Å². The molecule has 0 aliphatic heterocycles. The molecule has 0 spiro atoms. The normalized spacial score (nSPS) is 4.91. The van der Waals surface area contributed by atoms with E-state index in [4.69, 9.17) is 19.8 Å². The zero-order valence-electron chi connectivity index (χ0n) is 6.20. The Labute approximate surface area is 87.5 Å². The molecule has 7 heteroatoms. The van der Waals surface area contributed by atoms with Gasteiger partial charge in [0, 0.05) is 0 Å². The molecule has 0 heterocycles. The fraction of sp³-hybridized carbons (Fsp3) is 0. The molecule has 0 saturated carbocycles. The molecule has 0 saturated heterocycles. The summed E-state index contributed by atoms with van der Waals surface area (Å²) in [6.45, 7) is 0. The van der Waals surface area contributed by atoms with Crippen LogP contribution in [0.15, 0.2) is 0 Å². The van der Waals surface area contributed by atoms with E-state index in [-0.39, 0.29) is 37.7 Å². The van der Waals surface area contributed by atoms with Gasteiger partial charge in [0.2, 0.25) is 0 Å². The first-order valence-corrected chi connectivity index (χ1v) is 1.56. The maximum absolute atomic E-state index is 9.06. The fourth-order valence-corrected chi connectivity index (χ4v) is 0.0680. The van der Waals surface area contributed by atoms with Crippen LogP contribution in [0.4, 0.5) is 9.59 Å². The third kappa shape index (κ3) is 43.7. The predicted molar refractivity (Wildman–Crippen MR) is 21.8 cm³/mol. The second-order valence-electron chi connectivity index (χ2n) is 0.602. The van der Waals surface area contributed by atoms with Gasteiger partial charge in [-0.1, -0.05) is 0 Å². The van der Waals surface area contributed by atoms with E-state index in [0.29, 0.717) is 0 Å². The minimum Gasteiger partial charge on any atom is -0.483 e. The molecule has 0 aliphatic carbocycles. The van der Waals surface area contributed by atoms with Gasteiger partial charge in [0.05, 0.1) is 0 Å². The van der Waals surface area contributed by atoms with Gasteiger partial charge in [-0.05, 0) is 0 Å². The third-order valence-corrected chi connectivity index (χ3v) is 0.167. The Bertz CT molecular complexity index is 120. The van der Waals surface area contributed by atoms with E-state index in [1.807, 2.05) is 0 Å². The van der Waals surface area contributed by atoms with Crippen molar-refractivity contribution < 1.29 is 62.3 Å². The monoisotopic (exact) mass is 144 g/mol. The van der Waals surface area contributed by atoms with E-state index in [2.05, 4.69) is 17.6 Å².